The van der Waals surface area contributed by atoms with E-state index in [9.17, 15) is 14.4 Å². The first-order valence-corrected chi connectivity index (χ1v) is 7.52. The van der Waals surface area contributed by atoms with E-state index in [0.717, 1.165) is 5.75 Å². The smallest absolute Gasteiger partial charge is 0.303 e. The number of unbranched alkanes of at least 4 members (excludes halogenated alkanes) is 1. The fraction of sp³-hybridized carbons (Fsp3) is 0.438. The number of ether oxygens (including phenoxy) is 1. The molecule has 1 rings (SSSR count). The van der Waals surface area contributed by atoms with Gasteiger partial charge < -0.3 is 20.5 Å². The number of benzene rings is 1. The number of carbonyl (C=O) groups is 3. The topological polar surface area (TPSA) is 105 Å². The van der Waals surface area contributed by atoms with Crippen molar-refractivity contribution >= 4 is 23.5 Å². The zero-order chi connectivity index (χ0) is 17.1. The minimum Gasteiger partial charge on any atom is -0.494 e. The molecule has 126 valence electrons. The van der Waals surface area contributed by atoms with Crippen molar-refractivity contribution in [3.63, 3.8) is 0 Å². The first-order chi connectivity index (χ1) is 11.0. The molecule has 1 aromatic rings. The number of aliphatic carboxylic acids is 1. The van der Waals surface area contributed by atoms with E-state index in [1.54, 1.807) is 24.3 Å². The van der Waals surface area contributed by atoms with Crippen LogP contribution in [0.3, 0.4) is 0 Å². The maximum Gasteiger partial charge on any atom is 0.303 e. The summed E-state index contributed by atoms with van der Waals surface area (Å²) in [4.78, 5) is 33.5. The van der Waals surface area contributed by atoms with E-state index in [-0.39, 0.29) is 31.2 Å². The Bertz CT molecular complexity index is 528. The van der Waals surface area contributed by atoms with Crippen molar-refractivity contribution in [3.8, 4) is 5.75 Å². The molecule has 7 nitrogen and oxygen atoms in total. The third-order valence-electron chi connectivity index (χ3n) is 2.94. The van der Waals surface area contributed by atoms with Crippen molar-refractivity contribution in [2.75, 3.05) is 18.5 Å². The lowest BCUT2D eigenvalue weighted by Crippen LogP contribution is -2.32. The van der Waals surface area contributed by atoms with Gasteiger partial charge in [-0.15, -0.1) is 0 Å². The van der Waals surface area contributed by atoms with Crippen LogP contribution in [0, 0.1) is 0 Å². The van der Waals surface area contributed by atoms with Crippen LogP contribution in [0.25, 0.3) is 0 Å². The van der Waals surface area contributed by atoms with Crippen molar-refractivity contribution in [2.45, 2.75) is 32.6 Å². The molecule has 0 saturated heterocycles. The number of rotatable bonds is 10. The van der Waals surface area contributed by atoms with E-state index in [1.165, 1.54) is 0 Å². The average Bonchev–Trinajstić information content (AvgIpc) is 2.51. The standard InChI is InChI=1S/C16H22N2O5/c1-2-23-13-9-7-12(8-10-13)18-15(20)11-17-14(19)5-3-4-6-16(21)22/h7-10H,2-6,11H2,1H3,(H,17,19)(H,18,20)(H,21,22). The number of carboxylic acids is 1. The highest BCUT2D eigenvalue weighted by Gasteiger charge is 2.06. The summed E-state index contributed by atoms with van der Waals surface area (Å²) in [7, 11) is 0. The second-order valence-corrected chi connectivity index (χ2v) is 4.88. The molecule has 0 atom stereocenters. The Kier molecular flexibility index (Phi) is 8.20. The molecule has 0 aliphatic rings. The highest BCUT2D eigenvalue weighted by atomic mass is 16.5. The number of amides is 2. The van der Waals surface area contributed by atoms with Gasteiger partial charge in [0.05, 0.1) is 13.2 Å². The maximum atomic E-state index is 11.7. The van der Waals surface area contributed by atoms with E-state index >= 15 is 0 Å². The quantitative estimate of drug-likeness (QED) is 0.570. The fourth-order valence-corrected chi connectivity index (χ4v) is 1.84. The summed E-state index contributed by atoms with van der Waals surface area (Å²) in [6, 6.07) is 6.94. The van der Waals surface area contributed by atoms with Gasteiger partial charge in [0.15, 0.2) is 0 Å². The van der Waals surface area contributed by atoms with Gasteiger partial charge in [0, 0.05) is 18.5 Å². The molecule has 3 N–H and O–H groups in total. The summed E-state index contributed by atoms with van der Waals surface area (Å²) >= 11 is 0. The van der Waals surface area contributed by atoms with Gasteiger partial charge in [-0.1, -0.05) is 0 Å². The lowest BCUT2D eigenvalue weighted by Gasteiger charge is -2.08. The molecule has 0 heterocycles. The minimum atomic E-state index is -0.875. The highest BCUT2D eigenvalue weighted by Crippen LogP contribution is 2.15. The molecule has 0 bridgehead atoms. The molecule has 0 aliphatic carbocycles. The van der Waals surface area contributed by atoms with E-state index < -0.39 is 5.97 Å². The number of carboxylic acid groups (broad SMARTS) is 1. The van der Waals surface area contributed by atoms with Gasteiger partial charge in [-0.3, -0.25) is 14.4 Å². The summed E-state index contributed by atoms with van der Waals surface area (Å²) in [5.74, 6) is -0.745. The van der Waals surface area contributed by atoms with Crippen LogP contribution in [0.5, 0.6) is 5.75 Å². The van der Waals surface area contributed by atoms with Gasteiger partial charge in [0.1, 0.15) is 5.75 Å². The molecular formula is C16H22N2O5. The predicted molar refractivity (Wildman–Crippen MR) is 85.4 cm³/mol. The lowest BCUT2D eigenvalue weighted by atomic mass is 10.2. The molecule has 7 heteroatoms. The van der Waals surface area contributed by atoms with Gasteiger partial charge >= 0.3 is 5.97 Å². The Hall–Kier alpha value is -2.57. The average molecular weight is 322 g/mol. The number of hydrogen-bond donors (Lipinski definition) is 3. The molecule has 1 aromatic carbocycles. The molecule has 0 aliphatic heterocycles. The summed E-state index contributed by atoms with van der Waals surface area (Å²) in [6.07, 6.45) is 1.19. The molecule has 2 amide bonds. The summed E-state index contributed by atoms with van der Waals surface area (Å²) in [6.45, 7) is 2.34. The molecule has 0 aromatic heterocycles. The molecular weight excluding hydrogens is 300 g/mol. The predicted octanol–water partition coefficient (Wildman–Crippen LogP) is 1.78. The number of carbonyl (C=O) groups excluding carboxylic acids is 2. The lowest BCUT2D eigenvalue weighted by molar-refractivity contribution is -0.137. The van der Waals surface area contributed by atoms with Crippen LogP contribution in [0.4, 0.5) is 5.69 Å². The summed E-state index contributed by atoms with van der Waals surface area (Å²) in [5, 5.41) is 13.6. The van der Waals surface area contributed by atoms with Crippen LogP contribution in [0.2, 0.25) is 0 Å². The Labute approximate surface area is 135 Å². The monoisotopic (exact) mass is 322 g/mol. The van der Waals surface area contributed by atoms with Crippen molar-refractivity contribution in [1.82, 2.24) is 5.32 Å². The van der Waals surface area contributed by atoms with Gasteiger partial charge in [-0.25, -0.2) is 0 Å². The fourth-order valence-electron chi connectivity index (χ4n) is 1.84. The van der Waals surface area contributed by atoms with Crippen molar-refractivity contribution < 1.29 is 24.2 Å². The van der Waals surface area contributed by atoms with Crippen molar-refractivity contribution in [2.24, 2.45) is 0 Å². The van der Waals surface area contributed by atoms with Gasteiger partial charge in [0.25, 0.3) is 0 Å². The molecule has 0 saturated carbocycles. The highest BCUT2D eigenvalue weighted by molar-refractivity contribution is 5.94. The van der Waals surface area contributed by atoms with Crippen LogP contribution < -0.4 is 15.4 Å². The van der Waals surface area contributed by atoms with Crippen molar-refractivity contribution in [3.05, 3.63) is 24.3 Å². The number of hydrogen-bond acceptors (Lipinski definition) is 4. The third-order valence-corrected chi connectivity index (χ3v) is 2.94. The van der Waals surface area contributed by atoms with E-state index in [2.05, 4.69) is 10.6 Å². The second-order valence-electron chi connectivity index (χ2n) is 4.88. The van der Waals surface area contributed by atoms with Crippen LogP contribution in [-0.2, 0) is 14.4 Å². The van der Waals surface area contributed by atoms with Crippen LogP contribution in [-0.4, -0.2) is 36.0 Å². The Balaban J connectivity index is 2.23. The zero-order valence-corrected chi connectivity index (χ0v) is 13.1. The van der Waals surface area contributed by atoms with Crippen molar-refractivity contribution in [1.29, 1.82) is 0 Å². The Morgan fingerprint density at radius 2 is 1.70 bits per heavy atom. The Morgan fingerprint density at radius 3 is 2.30 bits per heavy atom. The Morgan fingerprint density at radius 1 is 1.04 bits per heavy atom. The van der Waals surface area contributed by atoms with Crippen LogP contribution >= 0.6 is 0 Å². The van der Waals surface area contributed by atoms with Crippen LogP contribution in [0.1, 0.15) is 32.6 Å². The number of nitrogens with one attached hydrogen (secondary N) is 2. The van der Waals surface area contributed by atoms with Gasteiger partial charge in [-0.2, -0.15) is 0 Å². The summed E-state index contributed by atoms with van der Waals surface area (Å²) in [5.41, 5.74) is 0.620. The second kappa shape index (κ2) is 10.2. The SMILES string of the molecule is CCOc1ccc(NC(=O)CNC(=O)CCCCC(=O)O)cc1. The first kappa shape index (κ1) is 18.5. The first-order valence-electron chi connectivity index (χ1n) is 7.52. The third kappa shape index (κ3) is 8.45. The zero-order valence-electron chi connectivity index (χ0n) is 13.1. The van der Waals surface area contributed by atoms with E-state index in [1.807, 2.05) is 6.92 Å². The normalized spacial score (nSPS) is 9.96. The molecule has 0 spiro atoms. The largest absolute Gasteiger partial charge is 0.494 e. The molecule has 0 unspecified atom stereocenters. The van der Waals surface area contributed by atoms with Gasteiger partial charge in [0.2, 0.25) is 11.8 Å². The molecule has 23 heavy (non-hydrogen) atoms. The summed E-state index contributed by atoms with van der Waals surface area (Å²) < 4.78 is 5.30. The number of anilines is 1. The van der Waals surface area contributed by atoms with Crippen LogP contribution in [0.15, 0.2) is 24.3 Å². The minimum absolute atomic E-state index is 0.0471. The van der Waals surface area contributed by atoms with Gasteiger partial charge in [-0.05, 0) is 44.0 Å². The molecule has 0 fully saturated rings. The van der Waals surface area contributed by atoms with E-state index in [4.69, 9.17) is 9.84 Å². The maximum absolute atomic E-state index is 11.7. The molecule has 0 radical (unpaired) electrons. The van der Waals surface area contributed by atoms with E-state index in [0.29, 0.717) is 25.1 Å².